The summed E-state index contributed by atoms with van der Waals surface area (Å²) in [5.41, 5.74) is 8.92. The van der Waals surface area contributed by atoms with Crippen LogP contribution in [0.4, 0.5) is 10.1 Å². The average molecular weight is 387 g/mol. The molecule has 0 spiro atoms. The number of aromatic nitrogens is 2. The summed E-state index contributed by atoms with van der Waals surface area (Å²) < 4.78 is 21.7. The lowest BCUT2D eigenvalue weighted by atomic mass is 10.1. The van der Waals surface area contributed by atoms with Gasteiger partial charge in [0.2, 0.25) is 5.71 Å². The Hall–Kier alpha value is -3.67. The van der Waals surface area contributed by atoms with Crippen molar-refractivity contribution in [1.29, 1.82) is 0 Å². The van der Waals surface area contributed by atoms with E-state index >= 15 is 0 Å². The Labute approximate surface area is 165 Å². The summed E-state index contributed by atoms with van der Waals surface area (Å²) in [4.78, 5) is 17.1. The van der Waals surface area contributed by atoms with Crippen LogP contribution in [0.15, 0.2) is 63.9 Å². The number of fused-ring (bicyclic) bond motifs is 5. The number of benzene rings is 2. The first kappa shape index (κ1) is 17.4. The van der Waals surface area contributed by atoms with Gasteiger partial charge in [0.05, 0.1) is 6.54 Å². The maximum absolute atomic E-state index is 14.5. The summed E-state index contributed by atoms with van der Waals surface area (Å²) in [5, 5.41) is 2.46. The number of nitrogens with zero attached hydrogens (tertiary/aromatic N) is 2. The van der Waals surface area contributed by atoms with Gasteiger partial charge in [-0.1, -0.05) is 13.0 Å². The first-order valence-corrected chi connectivity index (χ1v) is 9.43. The molecule has 5 nitrogen and oxygen atoms in total. The van der Waals surface area contributed by atoms with Crippen molar-refractivity contribution >= 4 is 38.6 Å². The molecule has 5 aromatic rings. The molecular formula is C23H18FN3O2. The Morgan fingerprint density at radius 3 is 2.83 bits per heavy atom. The Bertz CT molecular complexity index is 1470. The van der Waals surface area contributed by atoms with Crippen molar-refractivity contribution in [3.63, 3.8) is 0 Å². The minimum atomic E-state index is -0.496. The highest BCUT2D eigenvalue weighted by molar-refractivity contribution is 6.18. The van der Waals surface area contributed by atoms with Gasteiger partial charge >= 0.3 is 5.63 Å². The van der Waals surface area contributed by atoms with Gasteiger partial charge in [0.1, 0.15) is 11.3 Å². The summed E-state index contributed by atoms with van der Waals surface area (Å²) in [6.45, 7) is 2.25. The first-order valence-electron chi connectivity index (χ1n) is 9.43. The molecule has 144 valence electrons. The SMILES string of the molecule is CCc1ccc2c(c1)c1c3cccnc3oc(=O)c1n2Cc1cc(N)ccc1F. The summed E-state index contributed by atoms with van der Waals surface area (Å²) in [6, 6.07) is 14.2. The highest BCUT2D eigenvalue weighted by Crippen LogP contribution is 2.34. The van der Waals surface area contributed by atoms with E-state index in [9.17, 15) is 9.18 Å². The second-order valence-electron chi connectivity index (χ2n) is 7.11. The third-order valence-electron chi connectivity index (χ3n) is 5.36. The van der Waals surface area contributed by atoms with Crippen LogP contribution >= 0.6 is 0 Å². The minimum Gasteiger partial charge on any atom is -0.402 e. The van der Waals surface area contributed by atoms with Crippen molar-refractivity contribution in [2.24, 2.45) is 0 Å². The second kappa shape index (κ2) is 6.44. The molecule has 0 amide bonds. The molecule has 0 aliphatic heterocycles. The summed E-state index contributed by atoms with van der Waals surface area (Å²) in [7, 11) is 0. The van der Waals surface area contributed by atoms with Gasteiger partial charge < -0.3 is 14.7 Å². The van der Waals surface area contributed by atoms with Gasteiger partial charge in [-0.05, 0) is 54.4 Å². The fourth-order valence-electron chi connectivity index (χ4n) is 3.96. The van der Waals surface area contributed by atoms with Crippen LogP contribution in [-0.2, 0) is 13.0 Å². The lowest BCUT2D eigenvalue weighted by Crippen LogP contribution is -2.09. The van der Waals surface area contributed by atoms with Gasteiger partial charge in [-0.25, -0.2) is 14.2 Å². The molecule has 2 N–H and O–H groups in total. The van der Waals surface area contributed by atoms with E-state index in [1.807, 2.05) is 24.3 Å². The molecule has 0 fully saturated rings. The van der Waals surface area contributed by atoms with E-state index < -0.39 is 5.63 Å². The van der Waals surface area contributed by atoms with Crippen LogP contribution in [0.3, 0.4) is 0 Å². The fourth-order valence-corrected chi connectivity index (χ4v) is 3.96. The number of hydrogen-bond donors (Lipinski definition) is 1. The Balaban J connectivity index is 1.93. The standard InChI is InChI=1S/C23H18FN3O2/c1-2-13-5-8-19-17(10-13)20-16-4-3-9-26-22(16)29-23(28)21(20)27(19)12-14-11-15(25)6-7-18(14)24/h3-11H,2,12,25H2,1H3. The van der Waals surface area contributed by atoms with Gasteiger partial charge in [0.25, 0.3) is 0 Å². The van der Waals surface area contributed by atoms with Gasteiger partial charge in [0.15, 0.2) is 0 Å². The number of rotatable bonds is 3. The number of anilines is 1. The van der Waals surface area contributed by atoms with Crippen LogP contribution in [0, 0.1) is 5.82 Å². The van der Waals surface area contributed by atoms with Gasteiger partial charge in [-0.3, -0.25) is 0 Å². The van der Waals surface area contributed by atoms with E-state index in [-0.39, 0.29) is 12.4 Å². The highest BCUT2D eigenvalue weighted by atomic mass is 19.1. The van der Waals surface area contributed by atoms with Crippen LogP contribution in [0.25, 0.3) is 32.9 Å². The number of nitrogen functional groups attached to an aromatic ring is 1. The van der Waals surface area contributed by atoms with Crippen LogP contribution in [-0.4, -0.2) is 9.55 Å². The van der Waals surface area contributed by atoms with E-state index in [0.717, 1.165) is 33.7 Å². The van der Waals surface area contributed by atoms with Crippen molar-refractivity contribution in [1.82, 2.24) is 9.55 Å². The Morgan fingerprint density at radius 1 is 1.14 bits per heavy atom. The molecule has 0 atom stereocenters. The van der Waals surface area contributed by atoms with E-state index in [1.54, 1.807) is 16.8 Å². The zero-order valence-electron chi connectivity index (χ0n) is 15.8. The Kier molecular flexibility index (Phi) is 3.87. The summed E-state index contributed by atoms with van der Waals surface area (Å²) in [5.74, 6) is -0.369. The largest absolute Gasteiger partial charge is 0.402 e. The maximum atomic E-state index is 14.5. The monoisotopic (exact) mass is 387 g/mol. The molecule has 0 aliphatic carbocycles. The van der Waals surface area contributed by atoms with Gasteiger partial charge in [-0.15, -0.1) is 0 Å². The zero-order chi connectivity index (χ0) is 20.1. The van der Waals surface area contributed by atoms with Crippen LogP contribution in [0.5, 0.6) is 0 Å². The van der Waals surface area contributed by atoms with Crippen molar-refractivity contribution in [2.75, 3.05) is 5.73 Å². The summed E-state index contributed by atoms with van der Waals surface area (Å²) >= 11 is 0. The van der Waals surface area contributed by atoms with Crippen molar-refractivity contribution in [3.05, 3.63) is 82.1 Å². The fraction of sp³-hybridized carbons (Fsp3) is 0.130. The molecule has 3 aromatic heterocycles. The smallest absolute Gasteiger partial charge is 0.362 e. The molecule has 0 aliphatic rings. The molecule has 0 saturated heterocycles. The zero-order valence-corrected chi connectivity index (χ0v) is 15.8. The number of halogens is 1. The quantitative estimate of drug-likeness (QED) is 0.458. The summed E-state index contributed by atoms with van der Waals surface area (Å²) in [6.07, 6.45) is 2.46. The molecule has 0 unspecified atom stereocenters. The second-order valence-corrected chi connectivity index (χ2v) is 7.11. The number of pyridine rings is 1. The minimum absolute atomic E-state index is 0.166. The molecule has 2 aromatic carbocycles. The molecule has 6 heteroatoms. The van der Waals surface area contributed by atoms with Crippen molar-refractivity contribution in [2.45, 2.75) is 19.9 Å². The molecule has 29 heavy (non-hydrogen) atoms. The van der Waals surface area contributed by atoms with Crippen LogP contribution < -0.4 is 11.4 Å². The average Bonchev–Trinajstić information content (AvgIpc) is 3.05. The molecule has 3 heterocycles. The van der Waals surface area contributed by atoms with Crippen LogP contribution in [0.1, 0.15) is 18.1 Å². The van der Waals surface area contributed by atoms with Gasteiger partial charge in [0, 0.05) is 39.1 Å². The first-order chi connectivity index (χ1) is 14.1. The van der Waals surface area contributed by atoms with E-state index in [4.69, 9.17) is 10.2 Å². The van der Waals surface area contributed by atoms with E-state index in [0.29, 0.717) is 22.5 Å². The number of hydrogen-bond acceptors (Lipinski definition) is 4. The third-order valence-corrected chi connectivity index (χ3v) is 5.36. The molecule has 0 radical (unpaired) electrons. The number of aryl methyl sites for hydroxylation is 1. The predicted octanol–water partition coefficient (Wildman–Crippen LogP) is 4.63. The molecule has 0 bridgehead atoms. The maximum Gasteiger partial charge on any atom is 0.362 e. The topological polar surface area (TPSA) is 74.0 Å². The van der Waals surface area contributed by atoms with Gasteiger partial charge in [-0.2, -0.15) is 0 Å². The van der Waals surface area contributed by atoms with Crippen molar-refractivity contribution < 1.29 is 8.81 Å². The third kappa shape index (κ3) is 2.68. The molecule has 5 rings (SSSR count). The van der Waals surface area contributed by atoms with E-state index in [2.05, 4.69) is 18.0 Å². The van der Waals surface area contributed by atoms with Crippen LogP contribution in [0.2, 0.25) is 0 Å². The molecule has 0 saturated carbocycles. The lowest BCUT2D eigenvalue weighted by molar-refractivity contribution is 0.552. The normalized spacial score (nSPS) is 11.7. The lowest BCUT2D eigenvalue weighted by Gasteiger charge is -2.09. The molecular weight excluding hydrogens is 369 g/mol. The van der Waals surface area contributed by atoms with Crippen molar-refractivity contribution in [3.8, 4) is 0 Å². The Morgan fingerprint density at radius 2 is 2.00 bits per heavy atom. The predicted molar refractivity (Wildman–Crippen MR) is 113 cm³/mol. The van der Waals surface area contributed by atoms with E-state index in [1.165, 1.54) is 12.1 Å². The number of nitrogens with two attached hydrogens (primary N) is 1. The highest BCUT2D eigenvalue weighted by Gasteiger charge is 2.20.